The minimum atomic E-state index is -2.27. The summed E-state index contributed by atoms with van der Waals surface area (Å²) in [5.74, 6) is -1.04. The van der Waals surface area contributed by atoms with Crippen LogP contribution in [-0.2, 0) is 29.4 Å². The molecule has 7 heteroatoms. The van der Waals surface area contributed by atoms with Gasteiger partial charge in [0, 0.05) is 0 Å². The van der Waals surface area contributed by atoms with E-state index in [-0.39, 0.29) is 16.9 Å². The molecule has 0 amide bonds. The molecule has 0 spiro atoms. The normalized spacial score (nSPS) is 18.3. The second-order valence-corrected chi connectivity index (χ2v) is 6.08. The number of benzene rings is 2. The maximum atomic E-state index is 12.6. The Morgan fingerprint density at radius 1 is 1.00 bits per heavy atom. The minimum absolute atomic E-state index is 0.0342. The van der Waals surface area contributed by atoms with Gasteiger partial charge < -0.3 is 24.1 Å². The van der Waals surface area contributed by atoms with Gasteiger partial charge in [0.1, 0.15) is 11.3 Å². The topological polar surface area (TPSA) is 91.3 Å². The van der Waals surface area contributed by atoms with Gasteiger partial charge in [0.05, 0.1) is 21.3 Å². The Morgan fingerprint density at radius 2 is 1.64 bits per heavy atom. The van der Waals surface area contributed by atoms with Crippen LogP contribution in [0.1, 0.15) is 11.1 Å². The van der Waals surface area contributed by atoms with Crippen molar-refractivity contribution >= 4 is 17.5 Å². The standard InChI is InChI=1S/C21H20O7/c1-25-15-11-9-13(10-12-15)16-17(26-2)18(28-19(16)22)21(24,20(23)27-3)14-7-5-4-6-8-14/h4-12,18,24H,1-3H3. The third kappa shape index (κ3) is 3.10. The maximum absolute atomic E-state index is 12.6. The van der Waals surface area contributed by atoms with Crippen LogP contribution in [-0.4, -0.2) is 44.5 Å². The monoisotopic (exact) mass is 384 g/mol. The zero-order chi connectivity index (χ0) is 20.3. The molecule has 1 aliphatic heterocycles. The van der Waals surface area contributed by atoms with Gasteiger partial charge in [-0.15, -0.1) is 0 Å². The Morgan fingerprint density at radius 3 is 2.18 bits per heavy atom. The Labute approximate surface area is 162 Å². The molecule has 0 saturated carbocycles. The molecule has 1 aliphatic rings. The number of methoxy groups -OCH3 is 3. The van der Waals surface area contributed by atoms with Crippen molar-refractivity contribution in [3.05, 3.63) is 71.5 Å². The van der Waals surface area contributed by atoms with Crippen molar-refractivity contribution in [2.75, 3.05) is 21.3 Å². The molecule has 3 rings (SSSR count). The number of rotatable bonds is 6. The molecular formula is C21H20O7. The number of hydrogen-bond donors (Lipinski definition) is 1. The van der Waals surface area contributed by atoms with Crippen molar-refractivity contribution in [2.24, 2.45) is 0 Å². The fraction of sp³-hybridized carbons (Fsp3) is 0.238. The highest BCUT2D eigenvalue weighted by molar-refractivity contribution is 6.19. The van der Waals surface area contributed by atoms with E-state index in [2.05, 4.69) is 0 Å². The van der Waals surface area contributed by atoms with E-state index in [0.29, 0.717) is 11.3 Å². The number of ether oxygens (including phenoxy) is 4. The number of esters is 2. The number of cyclic esters (lactones) is 1. The maximum Gasteiger partial charge on any atom is 0.347 e. The molecular weight excluding hydrogens is 364 g/mol. The molecule has 1 N–H and O–H groups in total. The smallest absolute Gasteiger partial charge is 0.347 e. The summed E-state index contributed by atoms with van der Waals surface area (Å²) < 4.78 is 20.8. The Bertz CT molecular complexity index is 902. The molecule has 146 valence electrons. The molecule has 0 aromatic heterocycles. The van der Waals surface area contributed by atoms with Gasteiger partial charge in [-0.25, -0.2) is 9.59 Å². The lowest BCUT2D eigenvalue weighted by Gasteiger charge is -2.31. The zero-order valence-corrected chi connectivity index (χ0v) is 15.7. The highest BCUT2D eigenvalue weighted by Gasteiger charge is 2.56. The van der Waals surface area contributed by atoms with Crippen LogP contribution in [0.25, 0.3) is 5.57 Å². The average molecular weight is 384 g/mol. The first-order valence-corrected chi connectivity index (χ1v) is 8.47. The Kier molecular flexibility index (Phi) is 5.37. The van der Waals surface area contributed by atoms with Crippen LogP contribution in [0.3, 0.4) is 0 Å². The van der Waals surface area contributed by atoms with Crippen LogP contribution in [0.5, 0.6) is 5.75 Å². The van der Waals surface area contributed by atoms with Gasteiger partial charge in [-0.2, -0.15) is 0 Å². The molecule has 0 bridgehead atoms. The summed E-state index contributed by atoms with van der Waals surface area (Å²) in [6.07, 6.45) is -1.41. The summed E-state index contributed by atoms with van der Waals surface area (Å²) in [5, 5.41) is 11.3. The zero-order valence-electron chi connectivity index (χ0n) is 15.7. The Balaban J connectivity index is 2.15. The van der Waals surface area contributed by atoms with E-state index >= 15 is 0 Å². The summed E-state index contributed by atoms with van der Waals surface area (Å²) in [4.78, 5) is 25.2. The second-order valence-electron chi connectivity index (χ2n) is 6.08. The molecule has 0 radical (unpaired) electrons. The van der Waals surface area contributed by atoms with Crippen LogP contribution < -0.4 is 4.74 Å². The van der Waals surface area contributed by atoms with Gasteiger partial charge in [-0.05, 0) is 23.3 Å². The Hall–Kier alpha value is -3.32. The van der Waals surface area contributed by atoms with Crippen molar-refractivity contribution < 1.29 is 33.6 Å². The summed E-state index contributed by atoms with van der Waals surface area (Å²) in [7, 11) is 4.02. The SMILES string of the molecule is COC(=O)C(O)(c1ccccc1)C1OC(=O)C(c2ccc(OC)cc2)=C1OC. The third-order valence-corrected chi connectivity index (χ3v) is 4.60. The van der Waals surface area contributed by atoms with E-state index in [1.807, 2.05) is 0 Å². The van der Waals surface area contributed by atoms with Crippen LogP contribution in [0, 0.1) is 0 Å². The van der Waals surface area contributed by atoms with E-state index in [0.717, 1.165) is 7.11 Å². The summed E-state index contributed by atoms with van der Waals surface area (Å²) in [6, 6.07) is 14.8. The lowest BCUT2D eigenvalue weighted by atomic mass is 9.86. The van der Waals surface area contributed by atoms with Crippen LogP contribution >= 0.6 is 0 Å². The fourth-order valence-electron chi connectivity index (χ4n) is 3.18. The largest absolute Gasteiger partial charge is 0.497 e. The van der Waals surface area contributed by atoms with E-state index < -0.39 is 23.6 Å². The van der Waals surface area contributed by atoms with E-state index in [9.17, 15) is 14.7 Å². The molecule has 0 fully saturated rings. The molecule has 28 heavy (non-hydrogen) atoms. The predicted octanol–water partition coefficient (Wildman–Crippen LogP) is 2.04. The first-order chi connectivity index (χ1) is 13.5. The molecule has 7 nitrogen and oxygen atoms in total. The van der Waals surface area contributed by atoms with Crippen molar-refractivity contribution in [3.8, 4) is 5.75 Å². The van der Waals surface area contributed by atoms with Gasteiger partial charge in [-0.3, -0.25) is 0 Å². The molecule has 2 aromatic carbocycles. The summed E-state index contributed by atoms with van der Waals surface area (Å²) in [6.45, 7) is 0. The lowest BCUT2D eigenvalue weighted by Crippen LogP contribution is -2.49. The molecule has 2 atom stereocenters. The van der Waals surface area contributed by atoms with Crippen molar-refractivity contribution in [2.45, 2.75) is 11.7 Å². The van der Waals surface area contributed by atoms with Crippen molar-refractivity contribution in [1.29, 1.82) is 0 Å². The molecule has 1 heterocycles. The average Bonchev–Trinajstić information content (AvgIpc) is 3.09. The first-order valence-electron chi connectivity index (χ1n) is 8.47. The minimum Gasteiger partial charge on any atom is -0.497 e. The van der Waals surface area contributed by atoms with E-state index in [1.54, 1.807) is 54.6 Å². The number of aliphatic hydroxyl groups is 1. The third-order valence-electron chi connectivity index (χ3n) is 4.60. The number of carbonyl (C=O) groups excluding carboxylic acids is 2. The van der Waals surface area contributed by atoms with E-state index in [4.69, 9.17) is 18.9 Å². The number of hydrogen-bond acceptors (Lipinski definition) is 7. The highest BCUT2D eigenvalue weighted by atomic mass is 16.6. The van der Waals surface area contributed by atoms with Gasteiger partial charge in [-0.1, -0.05) is 42.5 Å². The van der Waals surface area contributed by atoms with Gasteiger partial charge >= 0.3 is 11.9 Å². The molecule has 2 unspecified atom stereocenters. The van der Waals surface area contributed by atoms with E-state index in [1.165, 1.54) is 14.2 Å². The lowest BCUT2D eigenvalue weighted by molar-refractivity contribution is -0.182. The van der Waals surface area contributed by atoms with Crippen molar-refractivity contribution in [1.82, 2.24) is 0 Å². The fourth-order valence-corrected chi connectivity index (χ4v) is 3.18. The van der Waals surface area contributed by atoms with Gasteiger partial charge in [0.25, 0.3) is 0 Å². The molecule has 0 aliphatic carbocycles. The van der Waals surface area contributed by atoms with Gasteiger partial charge in [0.15, 0.2) is 5.76 Å². The quantitative estimate of drug-likeness (QED) is 0.762. The second kappa shape index (κ2) is 7.74. The molecule has 0 saturated heterocycles. The van der Waals surface area contributed by atoms with Gasteiger partial charge in [0.2, 0.25) is 11.7 Å². The van der Waals surface area contributed by atoms with Crippen molar-refractivity contribution in [3.63, 3.8) is 0 Å². The highest BCUT2D eigenvalue weighted by Crippen LogP contribution is 2.41. The van der Waals surface area contributed by atoms with Crippen LogP contribution in [0.4, 0.5) is 0 Å². The van der Waals surface area contributed by atoms with Crippen LogP contribution in [0.15, 0.2) is 60.4 Å². The summed E-state index contributed by atoms with van der Waals surface area (Å²) in [5.41, 5.74) is -1.44. The van der Waals surface area contributed by atoms with Crippen LogP contribution in [0.2, 0.25) is 0 Å². The summed E-state index contributed by atoms with van der Waals surface area (Å²) >= 11 is 0. The number of carbonyl (C=O) groups is 2. The molecule has 2 aromatic rings. The first kappa shape index (κ1) is 19.4. The predicted molar refractivity (Wildman–Crippen MR) is 99.2 cm³/mol.